The van der Waals surface area contributed by atoms with Gasteiger partial charge >= 0.3 is 0 Å². The monoisotopic (exact) mass is 291 g/mol. The van der Waals surface area contributed by atoms with Crippen molar-refractivity contribution in [3.8, 4) is 11.8 Å². The molecule has 0 aliphatic heterocycles. The van der Waals surface area contributed by atoms with Crippen molar-refractivity contribution in [1.29, 1.82) is 5.26 Å². The van der Waals surface area contributed by atoms with Crippen LogP contribution in [-0.2, 0) is 11.3 Å². The van der Waals surface area contributed by atoms with Crippen LogP contribution >= 0.6 is 0 Å². The number of rotatable bonds is 7. The lowest BCUT2D eigenvalue weighted by molar-refractivity contribution is 0.210. The first-order chi connectivity index (χ1) is 10.2. The maximum Gasteiger partial charge on any atom is 0.236 e. The van der Waals surface area contributed by atoms with Gasteiger partial charge < -0.3 is 19.2 Å². The molecule has 0 unspecified atom stereocenters. The van der Waals surface area contributed by atoms with Crippen molar-refractivity contribution in [2.45, 2.75) is 6.61 Å². The number of nitrogens with zero attached hydrogens (tertiary/aromatic N) is 2. The minimum atomic E-state index is -0.469. The predicted octanol–water partition coefficient (Wildman–Crippen LogP) is 2.32. The molecule has 1 aromatic heterocycles. The maximum atomic E-state index is 13.4. The summed E-state index contributed by atoms with van der Waals surface area (Å²) in [6.07, 6.45) is 0. The number of hydrogen-bond acceptors (Lipinski definition) is 6. The number of para-hydroxylation sites is 1. The Hall–Kier alpha value is -2.59. The zero-order valence-corrected chi connectivity index (χ0v) is 11.4. The van der Waals surface area contributed by atoms with Crippen LogP contribution in [0, 0.1) is 17.1 Å². The molecule has 0 atom stereocenters. The van der Waals surface area contributed by atoms with Gasteiger partial charge in [-0.3, -0.25) is 0 Å². The summed E-state index contributed by atoms with van der Waals surface area (Å²) in [7, 11) is 1.57. The Morgan fingerprint density at radius 1 is 1.43 bits per heavy atom. The Balaban J connectivity index is 2.01. The van der Waals surface area contributed by atoms with Gasteiger partial charge in [-0.1, -0.05) is 12.1 Å². The second kappa shape index (κ2) is 7.26. The van der Waals surface area contributed by atoms with Crippen LogP contribution in [0.1, 0.15) is 11.6 Å². The fourth-order valence-corrected chi connectivity index (χ4v) is 1.59. The molecule has 7 heteroatoms. The van der Waals surface area contributed by atoms with Crippen molar-refractivity contribution in [3.63, 3.8) is 0 Å². The van der Waals surface area contributed by atoms with E-state index in [4.69, 9.17) is 19.2 Å². The van der Waals surface area contributed by atoms with Crippen molar-refractivity contribution in [3.05, 3.63) is 41.7 Å². The number of aromatic nitrogens is 1. The molecule has 110 valence electrons. The molecule has 0 radical (unpaired) electrons. The smallest absolute Gasteiger partial charge is 0.236 e. The third-order valence-corrected chi connectivity index (χ3v) is 2.56. The topological polar surface area (TPSA) is 80.3 Å². The van der Waals surface area contributed by atoms with Gasteiger partial charge in [0, 0.05) is 13.7 Å². The van der Waals surface area contributed by atoms with Crippen LogP contribution in [0.3, 0.4) is 0 Å². The van der Waals surface area contributed by atoms with Gasteiger partial charge in [0.05, 0.1) is 6.61 Å². The molecule has 0 amide bonds. The van der Waals surface area contributed by atoms with Crippen LogP contribution in [0.4, 0.5) is 10.3 Å². The predicted molar refractivity (Wildman–Crippen MR) is 72.3 cm³/mol. The summed E-state index contributed by atoms with van der Waals surface area (Å²) < 4.78 is 28.9. The molecular formula is C14H14FN3O3. The van der Waals surface area contributed by atoms with E-state index in [1.165, 1.54) is 12.1 Å². The van der Waals surface area contributed by atoms with Gasteiger partial charge in [0.1, 0.15) is 6.07 Å². The SMILES string of the molecule is COCCNc1oc(COc2ccccc2F)nc1C#N. The molecule has 0 aliphatic carbocycles. The fraction of sp³-hybridized carbons (Fsp3) is 0.286. The van der Waals surface area contributed by atoms with Gasteiger partial charge in [-0.25, -0.2) is 4.39 Å². The minimum absolute atomic E-state index is 0.0679. The Bertz CT molecular complexity index is 637. The Morgan fingerprint density at radius 3 is 2.95 bits per heavy atom. The molecule has 21 heavy (non-hydrogen) atoms. The number of ether oxygens (including phenoxy) is 2. The highest BCUT2D eigenvalue weighted by Crippen LogP contribution is 2.20. The highest BCUT2D eigenvalue weighted by molar-refractivity contribution is 5.45. The van der Waals surface area contributed by atoms with Crippen molar-refractivity contribution in [1.82, 2.24) is 4.98 Å². The van der Waals surface area contributed by atoms with E-state index >= 15 is 0 Å². The highest BCUT2D eigenvalue weighted by atomic mass is 19.1. The quantitative estimate of drug-likeness (QED) is 0.788. The molecule has 2 rings (SSSR count). The van der Waals surface area contributed by atoms with Gasteiger partial charge in [-0.2, -0.15) is 10.2 Å². The van der Waals surface area contributed by atoms with E-state index in [9.17, 15) is 4.39 Å². The number of hydrogen-bond donors (Lipinski definition) is 1. The van der Waals surface area contributed by atoms with Gasteiger partial charge in [-0.15, -0.1) is 0 Å². The molecule has 0 fully saturated rings. The van der Waals surface area contributed by atoms with Crippen molar-refractivity contribution >= 4 is 5.88 Å². The standard InChI is InChI=1S/C14H14FN3O3/c1-19-7-6-17-14-11(8-16)18-13(21-14)9-20-12-5-3-2-4-10(12)15/h2-5,17H,6-7,9H2,1H3. The second-order valence-corrected chi connectivity index (χ2v) is 4.04. The molecule has 0 aliphatic rings. The second-order valence-electron chi connectivity index (χ2n) is 4.04. The number of benzene rings is 1. The van der Waals surface area contributed by atoms with Crippen LogP contribution in [0.25, 0.3) is 0 Å². The molecule has 1 heterocycles. The molecule has 6 nitrogen and oxygen atoms in total. The molecule has 2 aromatic rings. The largest absolute Gasteiger partial charge is 0.481 e. The van der Waals surface area contributed by atoms with Crippen LogP contribution in [0.5, 0.6) is 5.75 Å². The van der Waals surface area contributed by atoms with Gasteiger partial charge in [0.25, 0.3) is 0 Å². The number of oxazole rings is 1. The van der Waals surface area contributed by atoms with E-state index in [1.54, 1.807) is 19.2 Å². The summed E-state index contributed by atoms with van der Waals surface area (Å²) >= 11 is 0. The van der Waals surface area contributed by atoms with E-state index in [-0.39, 0.29) is 29.8 Å². The molecular weight excluding hydrogens is 277 g/mol. The van der Waals surface area contributed by atoms with Crippen LogP contribution in [0.15, 0.2) is 28.7 Å². The molecule has 1 N–H and O–H groups in total. The highest BCUT2D eigenvalue weighted by Gasteiger charge is 2.13. The first-order valence-electron chi connectivity index (χ1n) is 6.24. The summed E-state index contributed by atoms with van der Waals surface area (Å²) in [6.45, 7) is 0.877. The minimum Gasteiger partial charge on any atom is -0.481 e. The molecule has 0 spiro atoms. The Labute approximate surface area is 121 Å². The molecule has 0 bridgehead atoms. The average molecular weight is 291 g/mol. The zero-order valence-electron chi connectivity index (χ0n) is 11.4. The van der Waals surface area contributed by atoms with Gasteiger partial charge in [-0.05, 0) is 12.1 Å². The Morgan fingerprint density at radius 2 is 2.24 bits per heavy atom. The summed E-state index contributed by atoms with van der Waals surface area (Å²) in [6, 6.07) is 7.94. The Kier molecular flexibility index (Phi) is 5.12. The third kappa shape index (κ3) is 3.94. The number of nitriles is 1. The van der Waals surface area contributed by atoms with Crippen LogP contribution in [0.2, 0.25) is 0 Å². The number of halogens is 1. The van der Waals surface area contributed by atoms with Gasteiger partial charge in [0.2, 0.25) is 17.5 Å². The van der Waals surface area contributed by atoms with Crippen molar-refractivity contribution in [2.75, 3.05) is 25.6 Å². The maximum absolute atomic E-state index is 13.4. The number of anilines is 1. The van der Waals surface area contributed by atoms with E-state index in [2.05, 4.69) is 10.3 Å². The number of nitrogens with one attached hydrogen (secondary N) is 1. The normalized spacial score (nSPS) is 10.1. The molecule has 0 saturated heterocycles. The van der Waals surface area contributed by atoms with Crippen LogP contribution in [-0.4, -0.2) is 25.2 Å². The number of methoxy groups -OCH3 is 1. The third-order valence-electron chi connectivity index (χ3n) is 2.56. The van der Waals surface area contributed by atoms with E-state index in [0.717, 1.165) is 0 Å². The summed E-state index contributed by atoms with van der Waals surface area (Å²) in [5.74, 6) is 0.0718. The summed E-state index contributed by atoms with van der Waals surface area (Å²) in [5, 5.41) is 11.9. The first kappa shape index (κ1) is 14.8. The fourth-order valence-electron chi connectivity index (χ4n) is 1.59. The van der Waals surface area contributed by atoms with Crippen molar-refractivity contribution < 1.29 is 18.3 Å². The zero-order chi connectivity index (χ0) is 15.1. The van der Waals surface area contributed by atoms with Gasteiger partial charge in [0.15, 0.2) is 18.2 Å². The first-order valence-corrected chi connectivity index (χ1v) is 6.24. The molecule has 1 aromatic carbocycles. The summed E-state index contributed by atoms with van der Waals surface area (Å²) in [5.41, 5.74) is 0.123. The van der Waals surface area contributed by atoms with Crippen LogP contribution < -0.4 is 10.1 Å². The lowest BCUT2D eigenvalue weighted by Crippen LogP contribution is -2.07. The van der Waals surface area contributed by atoms with E-state index < -0.39 is 5.82 Å². The van der Waals surface area contributed by atoms with E-state index in [1.807, 2.05) is 6.07 Å². The molecule has 0 saturated carbocycles. The summed E-state index contributed by atoms with van der Waals surface area (Å²) in [4.78, 5) is 3.97. The van der Waals surface area contributed by atoms with Crippen molar-refractivity contribution in [2.24, 2.45) is 0 Å². The lowest BCUT2D eigenvalue weighted by Gasteiger charge is -2.04. The average Bonchev–Trinajstić information content (AvgIpc) is 2.89. The van der Waals surface area contributed by atoms with E-state index in [0.29, 0.717) is 13.2 Å². The lowest BCUT2D eigenvalue weighted by atomic mass is 10.3.